The van der Waals surface area contributed by atoms with Crippen LogP contribution in [-0.4, -0.2) is 23.8 Å². The van der Waals surface area contributed by atoms with Crippen LogP contribution in [0.2, 0.25) is 5.02 Å². The van der Waals surface area contributed by atoms with Gasteiger partial charge in [-0.15, -0.1) is 0 Å². The van der Waals surface area contributed by atoms with Crippen molar-refractivity contribution in [2.75, 3.05) is 7.05 Å². The number of nitrogens with zero attached hydrogens (tertiary/aromatic N) is 1. The van der Waals surface area contributed by atoms with E-state index in [9.17, 15) is 9.59 Å². The largest absolute Gasteiger partial charge is 0.327 e. The lowest BCUT2D eigenvalue weighted by Gasteiger charge is -2.42. The Balaban J connectivity index is 2.13. The van der Waals surface area contributed by atoms with Crippen LogP contribution in [0.15, 0.2) is 35.5 Å². The molecule has 3 rings (SSSR count). The molecule has 1 aliphatic carbocycles. The van der Waals surface area contributed by atoms with Crippen LogP contribution in [0.4, 0.5) is 4.79 Å². The van der Waals surface area contributed by atoms with E-state index in [0.29, 0.717) is 17.0 Å². The molecule has 0 aromatic heterocycles. The molecular weight excluding hydrogens is 300 g/mol. The molecule has 1 aromatic carbocycles. The third-order valence-electron chi connectivity index (χ3n) is 4.34. The smallest absolute Gasteiger partial charge is 0.322 e. The van der Waals surface area contributed by atoms with E-state index in [1.54, 1.807) is 24.1 Å². The highest BCUT2D eigenvalue weighted by atomic mass is 35.5. The Bertz CT molecular complexity index is 694. The van der Waals surface area contributed by atoms with Crippen molar-refractivity contribution in [3.8, 4) is 0 Å². The molecule has 1 aromatic rings. The lowest BCUT2D eigenvalue weighted by atomic mass is 9.72. The van der Waals surface area contributed by atoms with Crippen molar-refractivity contribution in [2.24, 2.45) is 5.41 Å². The molecular formula is C17H19ClN2O2. The van der Waals surface area contributed by atoms with Crippen molar-refractivity contribution in [3.05, 3.63) is 46.1 Å². The summed E-state index contributed by atoms with van der Waals surface area (Å²) in [5.41, 5.74) is 2.24. The first-order chi connectivity index (χ1) is 10.3. The van der Waals surface area contributed by atoms with Gasteiger partial charge in [-0.25, -0.2) is 4.79 Å². The van der Waals surface area contributed by atoms with Crippen LogP contribution < -0.4 is 5.32 Å². The van der Waals surface area contributed by atoms with Gasteiger partial charge < -0.3 is 10.2 Å². The SMILES string of the molecule is CN1C(=O)NC(c2cccc(Cl)c2)C2=C1CC(C)(C)CC2=O. The third kappa shape index (κ3) is 2.52. The monoisotopic (exact) mass is 318 g/mol. The number of allylic oxidation sites excluding steroid dienone is 1. The first kappa shape index (κ1) is 15.1. The molecule has 1 aliphatic heterocycles. The number of rotatable bonds is 1. The number of Topliss-reactive ketones (excluding diaryl/α,β-unsaturated/α-hetero) is 1. The molecule has 0 saturated carbocycles. The van der Waals surface area contributed by atoms with Crippen molar-refractivity contribution in [2.45, 2.75) is 32.7 Å². The van der Waals surface area contributed by atoms with Crippen LogP contribution in [0.25, 0.3) is 0 Å². The number of carbonyl (C=O) groups is 2. The van der Waals surface area contributed by atoms with Crippen LogP contribution in [0, 0.1) is 5.41 Å². The highest BCUT2D eigenvalue weighted by Crippen LogP contribution is 2.43. The van der Waals surface area contributed by atoms with Crippen LogP contribution in [0.1, 0.15) is 38.3 Å². The van der Waals surface area contributed by atoms with Gasteiger partial charge in [-0.2, -0.15) is 0 Å². The van der Waals surface area contributed by atoms with E-state index in [0.717, 1.165) is 17.7 Å². The number of benzene rings is 1. The maximum atomic E-state index is 12.7. The van der Waals surface area contributed by atoms with Crippen molar-refractivity contribution in [3.63, 3.8) is 0 Å². The highest BCUT2D eigenvalue weighted by molar-refractivity contribution is 6.30. The molecule has 4 nitrogen and oxygen atoms in total. The molecule has 0 spiro atoms. The first-order valence-electron chi connectivity index (χ1n) is 7.34. The topological polar surface area (TPSA) is 49.4 Å². The van der Waals surface area contributed by atoms with Gasteiger partial charge >= 0.3 is 6.03 Å². The number of hydrogen-bond acceptors (Lipinski definition) is 2. The van der Waals surface area contributed by atoms with Gasteiger partial charge in [0.15, 0.2) is 5.78 Å². The van der Waals surface area contributed by atoms with Gasteiger partial charge in [-0.1, -0.05) is 37.6 Å². The Hall–Kier alpha value is -1.81. The van der Waals surface area contributed by atoms with Crippen LogP contribution in [-0.2, 0) is 4.79 Å². The van der Waals surface area contributed by atoms with Crippen molar-refractivity contribution in [1.29, 1.82) is 0 Å². The maximum Gasteiger partial charge on any atom is 0.322 e. The summed E-state index contributed by atoms with van der Waals surface area (Å²) < 4.78 is 0. The fourth-order valence-corrected chi connectivity index (χ4v) is 3.48. The van der Waals surface area contributed by atoms with E-state index >= 15 is 0 Å². The lowest BCUT2D eigenvalue weighted by molar-refractivity contribution is -0.118. The normalized spacial score (nSPS) is 24.2. The number of carbonyl (C=O) groups excluding carboxylic acids is 2. The highest BCUT2D eigenvalue weighted by Gasteiger charge is 2.42. The Morgan fingerprint density at radius 2 is 2.00 bits per heavy atom. The summed E-state index contributed by atoms with van der Waals surface area (Å²) in [4.78, 5) is 26.5. The number of urea groups is 1. The second-order valence-corrected chi connectivity index (χ2v) is 7.23. The van der Waals surface area contributed by atoms with Gasteiger partial charge in [-0.3, -0.25) is 4.79 Å². The molecule has 116 valence electrons. The van der Waals surface area contributed by atoms with E-state index in [-0.39, 0.29) is 17.2 Å². The van der Waals surface area contributed by atoms with E-state index in [4.69, 9.17) is 11.6 Å². The van der Waals surface area contributed by atoms with E-state index in [1.807, 2.05) is 12.1 Å². The molecule has 1 N–H and O–H groups in total. The summed E-state index contributed by atoms with van der Waals surface area (Å²) in [6.07, 6.45) is 1.21. The third-order valence-corrected chi connectivity index (χ3v) is 4.58. The van der Waals surface area contributed by atoms with Gasteiger partial charge in [0.2, 0.25) is 0 Å². The second-order valence-electron chi connectivity index (χ2n) is 6.80. The number of halogens is 1. The number of amides is 2. The van der Waals surface area contributed by atoms with Gasteiger partial charge in [-0.05, 0) is 29.5 Å². The zero-order valence-electron chi connectivity index (χ0n) is 12.9. The summed E-state index contributed by atoms with van der Waals surface area (Å²) in [5.74, 6) is 0.100. The zero-order chi connectivity index (χ0) is 16.1. The molecule has 1 atom stereocenters. The Kier molecular flexibility index (Phi) is 3.52. The number of nitrogens with one attached hydrogen (secondary N) is 1. The predicted octanol–water partition coefficient (Wildman–Crippen LogP) is 3.68. The summed E-state index contributed by atoms with van der Waals surface area (Å²) in [5, 5.41) is 3.51. The minimum absolute atomic E-state index is 0.100. The molecule has 1 heterocycles. The molecule has 22 heavy (non-hydrogen) atoms. The summed E-state index contributed by atoms with van der Waals surface area (Å²) in [6.45, 7) is 4.12. The number of hydrogen-bond donors (Lipinski definition) is 1. The molecule has 5 heteroatoms. The fourth-order valence-electron chi connectivity index (χ4n) is 3.28. The van der Waals surface area contributed by atoms with Crippen LogP contribution in [0.3, 0.4) is 0 Å². The quantitative estimate of drug-likeness (QED) is 0.858. The summed E-state index contributed by atoms with van der Waals surface area (Å²) in [7, 11) is 1.72. The lowest BCUT2D eigenvalue weighted by Crippen LogP contribution is -2.49. The van der Waals surface area contributed by atoms with Crippen molar-refractivity contribution < 1.29 is 9.59 Å². The average molecular weight is 319 g/mol. The Labute approximate surface area is 135 Å². The van der Waals surface area contributed by atoms with E-state index < -0.39 is 6.04 Å². The fraction of sp³-hybridized carbons (Fsp3) is 0.412. The molecule has 0 fully saturated rings. The minimum atomic E-state index is -0.416. The summed E-state index contributed by atoms with van der Waals surface area (Å²) in [6, 6.07) is 6.70. The second kappa shape index (κ2) is 5.13. The molecule has 1 unspecified atom stereocenters. The van der Waals surface area contributed by atoms with Gasteiger partial charge in [0, 0.05) is 29.8 Å². The van der Waals surface area contributed by atoms with Crippen molar-refractivity contribution in [1.82, 2.24) is 10.2 Å². The van der Waals surface area contributed by atoms with Crippen LogP contribution in [0.5, 0.6) is 0 Å². The molecule has 2 amide bonds. The van der Waals surface area contributed by atoms with E-state index in [2.05, 4.69) is 19.2 Å². The Morgan fingerprint density at radius 1 is 1.27 bits per heavy atom. The minimum Gasteiger partial charge on any atom is -0.327 e. The van der Waals surface area contributed by atoms with Gasteiger partial charge in [0.25, 0.3) is 0 Å². The number of ketones is 1. The van der Waals surface area contributed by atoms with Crippen molar-refractivity contribution >= 4 is 23.4 Å². The van der Waals surface area contributed by atoms with Gasteiger partial charge in [0.1, 0.15) is 0 Å². The standard InChI is InChI=1S/C17H19ClN2O2/c1-17(2)8-12-14(13(21)9-17)15(19-16(22)20(12)3)10-5-4-6-11(18)7-10/h4-7,15H,8-9H2,1-3H3,(H,19,22). The predicted molar refractivity (Wildman–Crippen MR) is 85.5 cm³/mol. The Morgan fingerprint density at radius 3 is 2.68 bits per heavy atom. The first-order valence-corrected chi connectivity index (χ1v) is 7.72. The molecule has 0 saturated heterocycles. The van der Waals surface area contributed by atoms with Gasteiger partial charge in [0.05, 0.1) is 6.04 Å². The average Bonchev–Trinajstić information content (AvgIpc) is 2.42. The summed E-state index contributed by atoms with van der Waals surface area (Å²) >= 11 is 6.06. The molecule has 0 bridgehead atoms. The zero-order valence-corrected chi connectivity index (χ0v) is 13.7. The molecule has 2 aliphatic rings. The van der Waals surface area contributed by atoms with Crippen LogP contribution >= 0.6 is 11.6 Å². The van der Waals surface area contributed by atoms with E-state index in [1.165, 1.54) is 0 Å². The molecule has 0 radical (unpaired) electrons. The maximum absolute atomic E-state index is 12.7.